The smallest absolute Gasteiger partial charge is 0.138 e. The molecule has 0 spiro atoms. The average molecular weight is 439 g/mol. The second-order valence-corrected chi connectivity index (χ2v) is 7.16. The van der Waals surface area contributed by atoms with Crippen molar-refractivity contribution in [2.75, 3.05) is 7.11 Å². The van der Waals surface area contributed by atoms with Crippen LogP contribution in [0.2, 0.25) is 5.02 Å². The molecule has 1 aromatic heterocycles. The number of allylic oxidation sites excluding steroid dienone is 2. The zero-order valence-corrected chi connectivity index (χ0v) is 15.6. The summed E-state index contributed by atoms with van der Waals surface area (Å²) in [4.78, 5) is 4.49. The Morgan fingerprint density at radius 2 is 2.09 bits per heavy atom. The van der Waals surface area contributed by atoms with Crippen molar-refractivity contribution in [3.8, 4) is 5.75 Å². The highest BCUT2D eigenvalue weighted by Crippen LogP contribution is 2.38. The van der Waals surface area contributed by atoms with Gasteiger partial charge in [0, 0.05) is 11.8 Å². The number of halogens is 2. The predicted molar refractivity (Wildman–Crippen MR) is 104 cm³/mol. The molecule has 3 nitrogen and oxygen atoms in total. The maximum atomic E-state index is 6.43. The van der Waals surface area contributed by atoms with Crippen LogP contribution in [0.1, 0.15) is 17.7 Å². The standard InChI is InChI=1S/C18H16ClIN2O/c1-11-16(20)9-14(12-6-4-3-5-7-12)17(22-11)18-15(19)8-13(23-2)10-21-18/h3-8,10,16,22H,1,9H2,2H3. The van der Waals surface area contributed by atoms with Crippen LogP contribution in [0.5, 0.6) is 5.75 Å². The Balaban J connectivity index is 2.16. The number of aromatic nitrogens is 1. The van der Waals surface area contributed by atoms with Gasteiger partial charge < -0.3 is 10.1 Å². The van der Waals surface area contributed by atoms with E-state index in [1.807, 2.05) is 18.2 Å². The van der Waals surface area contributed by atoms with Crippen LogP contribution in [0.15, 0.2) is 54.9 Å². The van der Waals surface area contributed by atoms with E-state index in [-0.39, 0.29) is 0 Å². The van der Waals surface area contributed by atoms with Gasteiger partial charge in [-0.05, 0) is 17.6 Å². The number of hydrogen-bond donors (Lipinski definition) is 1. The van der Waals surface area contributed by atoms with Gasteiger partial charge in [-0.1, -0.05) is 71.1 Å². The van der Waals surface area contributed by atoms with Crippen LogP contribution in [-0.4, -0.2) is 16.0 Å². The van der Waals surface area contributed by atoms with Crippen LogP contribution in [0.3, 0.4) is 0 Å². The first-order valence-corrected chi connectivity index (χ1v) is 8.81. The van der Waals surface area contributed by atoms with Crippen LogP contribution in [0.4, 0.5) is 0 Å². The molecule has 1 atom stereocenters. The van der Waals surface area contributed by atoms with Gasteiger partial charge in [-0.15, -0.1) is 0 Å². The van der Waals surface area contributed by atoms with E-state index in [1.165, 1.54) is 5.57 Å². The minimum Gasteiger partial charge on any atom is -0.495 e. The van der Waals surface area contributed by atoms with Gasteiger partial charge >= 0.3 is 0 Å². The first kappa shape index (κ1) is 16.3. The van der Waals surface area contributed by atoms with E-state index in [0.717, 1.165) is 29.1 Å². The molecule has 0 aliphatic carbocycles. The summed E-state index contributed by atoms with van der Waals surface area (Å²) in [5.41, 5.74) is 4.96. The van der Waals surface area contributed by atoms with Crippen molar-refractivity contribution in [3.05, 3.63) is 71.2 Å². The molecule has 0 saturated heterocycles. The Kier molecular flexibility index (Phi) is 4.92. The van der Waals surface area contributed by atoms with Crippen molar-refractivity contribution >= 4 is 45.5 Å². The fourth-order valence-corrected chi connectivity index (χ4v) is 3.39. The summed E-state index contributed by atoms with van der Waals surface area (Å²) in [5, 5.41) is 3.95. The summed E-state index contributed by atoms with van der Waals surface area (Å²) in [6, 6.07) is 12.1. The van der Waals surface area contributed by atoms with Crippen LogP contribution in [0.25, 0.3) is 11.3 Å². The van der Waals surface area contributed by atoms with E-state index in [2.05, 4.69) is 51.6 Å². The normalized spacial score (nSPS) is 17.9. The van der Waals surface area contributed by atoms with Gasteiger partial charge in [-0.25, -0.2) is 4.98 Å². The number of rotatable bonds is 3. The topological polar surface area (TPSA) is 34.2 Å². The number of hydrogen-bond acceptors (Lipinski definition) is 3. The second kappa shape index (κ2) is 6.93. The molecule has 1 N–H and O–H groups in total. The molecule has 3 rings (SSSR count). The van der Waals surface area contributed by atoms with Crippen LogP contribution < -0.4 is 10.1 Å². The molecule has 0 fully saturated rings. The molecule has 0 radical (unpaired) electrons. The SMILES string of the molecule is C=C1NC(c2ncc(OC)cc2Cl)=C(c2ccccc2)CC1I. The van der Waals surface area contributed by atoms with Crippen molar-refractivity contribution in [1.82, 2.24) is 10.3 Å². The molecule has 0 amide bonds. The summed E-state index contributed by atoms with van der Waals surface area (Å²) >= 11 is 8.83. The maximum absolute atomic E-state index is 6.43. The fraction of sp³-hybridized carbons (Fsp3) is 0.167. The summed E-state index contributed by atoms with van der Waals surface area (Å²) in [6.07, 6.45) is 2.56. The number of nitrogens with zero attached hydrogens (tertiary/aromatic N) is 1. The average Bonchev–Trinajstić information content (AvgIpc) is 2.57. The van der Waals surface area contributed by atoms with Crippen molar-refractivity contribution in [1.29, 1.82) is 0 Å². The van der Waals surface area contributed by atoms with E-state index in [4.69, 9.17) is 16.3 Å². The number of methoxy groups -OCH3 is 1. The molecule has 1 aliphatic heterocycles. The van der Waals surface area contributed by atoms with Crippen LogP contribution in [0, 0.1) is 0 Å². The molecule has 118 valence electrons. The van der Waals surface area contributed by atoms with E-state index >= 15 is 0 Å². The zero-order valence-electron chi connectivity index (χ0n) is 12.6. The Morgan fingerprint density at radius 1 is 1.35 bits per heavy atom. The van der Waals surface area contributed by atoms with Gasteiger partial charge in [0.1, 0.15) is 11.4 Å². The summed E-state index contributed by atoms with van der Waals surface area (Å²) in [6.45, 7) is 4.11. The second-order valence-electron chi connectivity index (χ2n) is 5.25. The number of alkyl halides is 1. The molecule has 0 saturated carbocycles. The Morgan fingerprint density at radius 3 is 2.74 bits per heavy atom. The number of nitrogens with one attached hydrogen (secondary N) is 1. The summed E-state index contributed by atoms with van der Waals surface area (Å²) in [5.74, 6) is 0.641. The van der Waals surface area contributed by atoms with Crippen molar-refractivity contribution < 1.29 is 4.74 Å². The third-order valence-corrected chi connectivity index (χ3v) is 5.24. The van der Waals surface area contributed by atoms with Gasteiger partial charge in [0.15, 0.2) is 0 Å². The van der Waals surface area contributed by atoms with Crippen molar-refractivity contribution in [2.24, 2.45) is 0 Å². The Labute approximate surface area is 154 Å². The van der Waals surface area contributed by atoms with Crippen molar-refractivity contribution in [2.45, 2.75) is 10.3 Å². The molecule has 1 aliphatic rings. The summed E-state index contributed by atoms with van der Waals surface area (Å²) < 4.78 is 5.51. The maximum Gasteiger partial charge on any atom is 0.138 e. The quantitative estimate of drug-likeness (QED) is 0.545. The van der Waals surface area contributed by atoms with Gasteiger partial charge in [-0.3, -0.25) is 0 Å². The third kappa shape index (κ3) is 3.38. The minimum absolute atomic E-state index is 0.323. The molecule has 1 aromatic carbocycles. The van der Waals surface area contributed by atoms with Crippen LogP contribution in [-0.2, 0) is 0 Å². The number of ether oxygens (including phenoxy) is 1. The van der Waals surface area contributed by atoms with E-state index < -0.39 is 0 Å². The lowest BCUT2D eigenvalue weighted by atomic mass is 9.93. The monoisotopic (exact) mass is 438 g/mol. The van der Waals surface area contributed by atoms with Gasteiger partial charge in [0.05, 0.1) is 28.0 Å². The lowest BCUT2D eigenvalue weighted by Crippen LogP contribution is -2.26. The van der Waals surface area contributed by atoms with Gasteiger partial charge in [0.25, 0.3) is 0 Å². The highest BCUT2D eigenvalue weighted by atomic mass is 127. The molecule has 0 bridgehead atoms. The molecule has 5 heteroatoms. The van der Waals surface area contributed by atoms with E-state index in [1.54, 1.807) is 19.4 Å². The number of pyridine rings is 1. The minimum atomic E-state index is 0.323. The predicted octanol–water partition coefficient (Wildman–Crippen LogP) is 4.92. The van der Waals surface area contributed by atoms with Crippen molar-refractivity contribution in [3.63, 3.8) is 0 Å². The zero-order chi connectivity index (χ0) is 16.4. The lowest BCUT2D eigenvalue weighted by Gasteiger charge is -2.28. The lowest BCUT2D eigenvalue weighted by molar-refractivity contribution is 0.413. The van der Waals surface area contributed by atoms with E-state index in [9.17, 15) is 0 Å². The first-order chi connectivity index (χ1) is 11.1. The molecular weight excluding hydrogens is 423 g/mol. The Bertz CT molecular complexity index is 774. The van der Waals surface area contributed by atoms with Gasteiger partial charge in [-0.2, -0.15) is 0 Å². The Hall–Kier alpha value is -1.53. The fourth-order valence-electron chi connectivity index (χ4n) is 2.54. The van der Waals surface area contributed by atoms with Gasteiger partial charge in [0.2, 0.25) is 0 Å². The molecule has 2 heterocycles. The summed E-state index contributed by atoms with van der Waals surface area (Å²) in [7, 11) is 1.60. The molecule has 23 heavy (non-hydrogen) atoms. The highest BCUT2D eigenvalue weighted by molar-refractivity contribution is 14.1. The van der Waals surface area contributed by atoms with Crippen LogP contribution >= 0.6 is 34.2 Å². The largest absolute Gasteiger partial charge is 0.495 e. The highest BCUT2D eigenvalue weighted by Gasteiger charge is 2.25. The van der Waals surface area contributed by atoms with E-state index in [0.29, 0.717) is 14.7 Å². The third-order valence-electron chi connectivity index (χ3n) is 3.76. The first-order valence-electron chi connectivity index (χ1n) is 7.18. The number of benzene rings is 1. The molecule has 2 aromatic rings. The molecular formula is C18H16ClIN2O. The molecule has 1 unspecified atom stereocenters.